The molecule has 0 spiro atoms. The number of aryl methyl sites for hydroxylation is 1. The molecule has 23 heavy (non-hydrogen) atoms. The van der Waals surface area contributed by atoms with Crippen LogP contribution in [-0.4, -0.2) is 41.5 Å². The van der Waals surface area contributed by atoms with Gasteiger partial charge in [0.1, 0.15) is 0 Å². The molecule has 0 saturated heterocycles. The Kier molecular flexibility index (Phi) is 6.02. The lowest BCUT2D eigenvalue weighted by atomic mass is 9.86. The summed E-state index contributed by atoms with van der Waals surface area (Å²) in [6, 6.07) is 5.21. The molecule has 0 heterocycles. The molecule has 2 rings (SSSR count). The van der Waals surface area contributed by atoms with Gasteiger partial charge >= 0.3 is 11.8 Å². The number of benzene rings is 1. The average molecular weight is 339 g/mol. The second kappa shape index (κ2) is 7.79. The van der Waals surface area contributed by atoms with E-state index in [1.54, 1.807) is 19.2 Å². The molecule has 0 bridgehead atoms. The maximum absolute atomic E-state index is 12.2. The zero-order valence-electron chi connectivity index (χ0n) is 13.5. The van der Waals surface area contributed by atoms with Gasteiger partial charge in [-0.05, 0) is 37.5 Å². The van der Waals surface area contributed by atoms with Crippen LogP contribution in [-0.2, 0) is 9.59 Å². The van der Waals surface area contributed by atoms with Crippen LogP contribution in [0.5, 0.6) is 0 Å². The molecule has 0 aliphatic heterocycles. The first-order valence-corrected chi connectivity index (χ1v) is 8.27. The Labute approximate surface area is 141 Å². The predicted octanol–water partition coefficient (Wildman–Crippen LogP) is 2.60. The van der Waals surface area contributed by atoms with Crippen LogP contribution in [0.4, 0.5) is 5.69 Å². The second-order valence-corrected chi connectivity index (χ2v) is 6.64. The summed E-state index contributed by atoms with van der Waals surface area (Å²) in [7, 11) is 1.58. The molecular weight excluding hydrogens is 316 g/mol. The van der Waals surface area contributed by atoms with Crippen molar-refractivity contribution in [1.29, 1.82) is 0 Å². The van der Waals surface area contributed by atoms with E-state index in [-0.39, 0.29) is 5.92 Å². The van der Waals surface area contributed by atoms with Crippen LogP contribution in [0, 0.1) is 12.8 Å². The van der Waals surface area contributed by atoms with Gasteiger partial charge in [-0.25, -0.2) is 0 Å². The van der Waals surface area contributed by atoms with Crippen molar-refractivity contribution in [3.63, 3.8) is 0 Å². The third-order valence-corrected chi connectivity index (χ3v) is 4.60. The molecule has 1 aliphatic rings. The fraction of sp³-hybridized carbons (Fsp3) is 0.529. The number of hydrogen-bond acceptors (Lipinski definition) is 3. The van der Waals surface area contributed by atoms with Crippen molar-refractivity contribution < 1.29 is 14.7 Å². The number of rotatable bonds is 3. The topological polar surface area (TPSA) is 69.6 Å². The maximum atomic E-state index is 12.2. The number of nitrogens with zero attached hydrogens (tertiary/aromatic N) is 1. The molecule has 1 aromatic carbocycles. The Balaban J connectivity index is 1.94. The van der Waals surface area contributed by atoms with Gasteiger partial charge < -0.3 is 15.3 Å². The summed E-state index contributed by atoms with van der Waals surface area (Å²) in [4.78, 5) is 25.7. The second-order valence-electron chi connectivity index (χ2n) is 6.23. The monoisotopic (exact) mass is 338 g/mol. The highest BCUT2D eigenvalue weighted by Crippen LogP contribution is 2.25. The molecule has 5 nitrogen and oxygen atoms in total. The number of aliphatic hydroxyl groups excluding tert-OH is 1. The Morgan fingerprint density at radius 1 is 1.35 bits per heavy atom. The van der Waals surface area contributed by atoms with Crippen LogP contribution in [0.1, 0.15) is 31.2 Å². The molecule has 126 valence electrons. The fourth-order valence-corrected chi connectivity index (χ4v) is 3.19. The Morgan fingerprint density at radius 3 is 2.70 bits per heavy atom. The number of amides is 2. The summed E-state index contributed by atoms with van der Waals surface area (Å²) in [5.74, 6) is -1.31. The van der Waals surface area contributed by atoms with E-state index in [4.69, 9.17) is 11.6 Å². The van der Waals surface area contributed by atoms with Crippen LogP contribution < -0.4 is 5.32 Å². The first-order chi connectivity index (χ1) is 10.9. The number of anilines is 1. The highest BCUT2D eigenvalue weighted by Gasteiger charge is 2.27. The zero-order valence-corrected chi connectivity index (χ0v) is 14.3. The third kappa shape index (κ3) is 4.69. The Hall–Kier alpha value is -1.59. The van der Waals surface area contributed by atoms with Crippen LogP contribution in [0.15, 0.2) is 18.2 Å². The van der Waals surface area contributed by atoms with Crippen molar-refractivity contribution >= 4 is 29.1 Å². The minimum atomic E-state index is -0.719. The van der Waals surface area contributed by atoms with E-state index in [1.807, 2.05) is 13.0 Å². The van der Waals surface area contributed by atoms with Crippen molar-refractivity contribution in [2.24, 2.45) is 5.92 Å². The number of halogens is 1. The van der Waals surface area contributed by atoms with Gasteiger partial charge in [0.25, 0.3) is 0 Å². The maximum Gasteiger partial charge on any atom is 0.313 e. The number of likely N-dealkylation sites (N-methyl/N-ethyl adjacent to an activating group) is 1. The SMILES string of the molecule is Cc1ccc(NC(=O)C(=O)N(C)CC2CCCCC2O)c(Cl)c1. The average Bonchev–Trinajstić information content (AvgIpc) is 2.51. The van der Waals surface area contributed by atoms with E-state index in [0.717, 1.165) is 31.2 Å². The molecule has 1 saturated carbocycles. The standard InChI is InChI=1S/C17H23ClN2O3/c1-11-7-8-14(13(18)9-11)19-16(22)17(23)20(2)10-12-5-3-4-6-15(12)21/h7-9,12,15,21H,3-6,10H2,1-2H3,(H,19,22). The van der Waals surface area contributed by atoms with E-state index in [9.17, 15) is 14.7 Å². The van der Waals surface area contributed by atoms with Gasteiger partial charge in [0, 0.05) is 19.5 Å². The Morgan fingerprint density at radius 2 is 2.04 bits per heavy atom. The van der Waals surface area contributed by atoms with Crippen LogP contribution in [0.2, 0.25) is 5.02 Å². The lowest BCUT2D eigenvalue weighted by molar-refractivity contribution is -0.143. The molecule has 2 unspecified atom stereocenters. The van der Waals surface area contributed by atoms with E-state index in [0.29, 0.717) is 17.3 Å². The van der Waals surface area contributed by atoms with Gasteiger partial charge in [-0.1, -0.05) is 30.5 Å². The molecular formula is C17H23ClN2O3. The summed E-state index contributed by atoms with van der Waals surface area (Å²) in [6.07, 6.45) is 3.31. The van der Waals surface area contributed by atoms with E-state index >= 15 is 0 Å². The normalized spacial score (nSPS) is 20.9. The lowest BCUT2D eigenvalue weighted by Gasteiger charge is -2.30. The van der Waals surface area contributed by atoms with Crippen LogP contribution >= 0.6 is 11.6 Å². The first kappa shape index (κ1) is 17.8. The molecule has 6 heteroatoms. The minimum absolute atomic E-state index is 0.0356. The van der Waals surface area contributed by atoms with Crippen molar-refractivity contribution in [2.75, 3.05) is 18.9 Å². The summed E-state index contributed by atoms with van der Waals surface area (Å²) in [5.41, 5.74) is 1.39. The smallest absolute Gasteiger partial charge is 0.313 e. The zero-order chi connectivity index (χ0) is 17.0. The molecule has 2 N–H and O–H groups in total. The molecule has 1 aromatic rings. The van der Waals surface area contributed by atoms with Crippen molar-refractivity contribution in [3.05, 3.63) is 28.8 Å². The van der Waals surface area contributed by atoms with Crippen molar-refractivity contribution in [3.8, 4) is 0 Å². The molecule has 2 atom stereocenters. The molecule has 2 amide bonds. The number of carbonyl (C=O) groups excluding carboxylic acids is 2. The van der Waals surface area contributed by atoms with Gasteiger partial charge in [-0.2, -0.15) is 0 Å². The van der Waals surface area contributed by atoms with Gasteiger partial charge in [0.2, 0.25) is 0 Å². The van der Waals surface area contributed by atoms with Crippen molar-refractivity contribution in [1.82, 2.24) is 4.90 Å². The highest BCUT2D eigenvalue weighted by atomic mass is 35.5. The number of hydrogen-bond donors (Lipinski definition) is 2. The van der Waals surface area contributed by atoms with Gasteiger partial charge in [-0.3, -0.25) is 9.59 Å². The van der Waals surface area contributed by atoms with Gasteiger partial charge in [0.15, 0.2) is 0 Å². The van der Waals surface area contributed by atoms with Crippen LogP contribution in [0.3, 0.4) is 0 Å². The van der Waals surface area contributed by atoms with Gasteiger partial charge in [0.05, 0.1) is 16.8 Å². The van der Waals surface area contributed by atoms with E-state index < -0.39 is 17.9 Å². The first-order valence-electron chi connectivity index (χ1n) is 7.89. The number of nitrogens with one attached hydrogen (secondary N) is 1. The van der Waals surface area contributed by atoms with Gasteiger partial charge in [-0.15, -0.1) is 0 Å². The largest absolute Gasteiger partial charge is 0.393 e. The highest BCUT2D eigenvalue weighted by molar-refractivity contribution is 6.41. The predicted molar refractivity (Wildman–Crippen MR) is 90.4 cm³/mol. The summed E-state index contributed by atoms with van der Waals surface area (Å²) >= 11 is 6.06. The Bertz CT molecular complexity index is 591. The molecule has 0 aromatic heterocycles. The molecule has 1 aliphatic carbocycles. The van der Waals surface area contributed by atoms with Crippen LogP contribution in [0.25, 0.3) is 0 Å². The van der Waals surface area contributed by atoms with E-state index in [1.165, 1.54) is 4.90 Å². The lowest BCUT2D eigenvalue weighted by Crippen LogP contribution is -2.42. The number of aliphatic hydroxyl groups is 1. The number of carbonyl (C=O) groups is 2. The molecule has 0 radical (unpaired) electrons. The fourth-order valence-electron chi connectivity index (χ4n) is 2.91. The third-order valence-electron chi connectivity index (χ3n) is 4.29. The summed E-state index contributed by atoms with van der Waals surface area (Å²) < 4.78 is 0. The molecule has 1 fully saturated rings. The van der Waals surface area contributed by atoms with Crippen molar-refractivity contribution in [2.45, 2.75) is 38.7 Å². The summed E-state index contributed by atoms with van der Waals surface area (Å²) in [5, 5.41) is 12.9. The summed E-state index contributed by atoms with van der Waals surface area (Å²) in [6.45, 7) is 2.28. The quantitative estimate of drug-likeness (QED) is 0.832. The van der Waals surface area contributed by atoms with E-state index in [2.05, 4.69) is 5.32 Å². The minimum Gasteiger partial charge on any atom is -0.393 e.